The number of pyridine rings is 1. The van der Waals surface area contributed by atoms with Crippen molar-refractivity contribution in [3.8, 4) is 5.88 Å². The van der Waals surface area contributed by atoms with Crippen molar-refractivity contribution in [1.29, 1.82) is 0 Å². The van der Waals surface area contributed by atoms with Gasteiger partial charge >= 0.3 is 0 Å². The quantitative estimate of drug-likeness (QED) is 0.864. The molecule has 2 rings (SSSR count). The van der Waals surface area contributed by atoms with Crippen molar-refractivity contribution in [3.05, 3.63) is 12.1 Å². The van der Waals surface area contributed by atoms with Gasteiger partial charge in [0.05, 0.1) is 18.9 Å². The van der Waals surface area contributed by atoms with Gasteiger partial charge in [0.15, 0.2) is 0 Å². The summed E-state index contributed by atoms with van der Waals surface area (Å²) in [6.07, 6.45) is 0. The summed E-state index contributed by atoms with van der Waals surface area (Å²) in [5.74, 6) is 1.20. The van der Waals surface area contributed by atoms with Gasteiger partial charge in [0, 0.05) is 13.1 Å². The van der Waals surface area contributed by atoms with Crippen LogP contribution in [0.15, 0.2) is 12.1 Å². The molecule has 0 aromatic carbocycles. The lowest BCUT2D eigenvalue weighted by Crippen LogP contribution is -2.40. The zero-order chi connectivity index (χ0) is 13.9. The SMILES string of the molecule is CC(C)(C)Oc1nc(NN2CCOCC2)ccc1N. The average molecular weight is 266 g/mol. The van der Waals surface area contributed by atoms with Crippen LogP contribution in [0.25, 0.3) is 0 Å². The van der Waals surface area contributed by atoms with Crippen molar-refractivity contribution >= 4 is 11.5 Å². The van der Waals surface area contributed by atoms with Crippen LogP contribution in [-0.4, -0.2) is 41.9 Å². The topological polar surface area (TPSA) is 72.6 Å². The van der Waals surface area contributed by atoms with Crippen LogP contribution in [0.1, 0.15) is 20.8 Å². The molecule has 3 N–H and O–H groups in total. The second kappa shape index (κ2) is 5.63. The Hall–Kier alpha value is -1.53. The number of anilines is 2. The third-order valence-electron chi connectivity index (χ3n) is 2.58. The highest BCUT2D eigenvalue weighted by atomic mass is 16.5. The second-order valence-electron chi connectivity index (χ2n) is 5.52. The van der Waals surface area contributed by atoms with Crippen molar-refractivity contribution in [2.75, 3.05) is 37.5 Å². The summed E-state index contributed by atoms with van der Waals surface area (Å²) in [4.78, 5) is 4.41. The molecule has 2 heterocycles. The Morgan fingerprint density at radius 2 is 2.00 bits per heavy atom. The Labute approximate surface area is 113 Å². The number of morpholine rings is 1. The maximum atomic E-state index is 5.88. The van der Waals surface area contributed by atoms with E-state index in [1.807, 2.05) is 26.8 Å². The van der Waals surface area contributed by atoms with Gasteiger partial charge in [-0.3, -0.25) is 0 Å². The van der Waals surface area contributed by atoms with Crippen LogP contribution in [-0.2, 0) is 4.74 Å². The molecule has 1 saturated heterocycles. The Kier molecular flexibility index (Phi) is 4.11. The fraction of sp³-hybridized carbons (Fsp3) is 0.615. The van der Waals surface area contributed by atoms with E-state index in [4.69, 9.17) is 15.2 Å². The van der Waals surface area contributed by atoms with Crippen LogP contribution in [0.4, 0.5) is 11.5 Å². The summed E-state index contributed by atoms with van der Waals surface area (Å²) in [5.41, 5.74) is 9.35. The third kappa shape index (κ3) is 4.25. The lowest BCUT2D eigenvalue weighted by Gasteiger charge is -2.28. The van der Waals surface area contributed by atoms with Crippen molar-refractivity contribution < 1.29 is 9.47 Å². The van der Waals surface area contributed by atoms with E-state index in [0.29, 0.717) is 11.6 Å². The van der Waals surface area contributed by atoms with Gasteiger partial charge in [-0.2, -0.15) is 4.98 Å². The number of rotatable bonds is 3. The van der Waals surface area contributed by atoms with Gasteiger partial charge in [0.1, 0.15) is 11.4 Å². The Morgan fingerprint density at radius 1 is 1.32 bits per heavy atom. The number of nitrogen functional groups attached to an aromatic ring is 1. The predicted octanol–water partition coefficient (Wildman–Crippen LogP) is 1.50. The van der Waals surface area contributed by atoms with Gasteiger partial charge in [-0.15, -0.1) is 0 Å². The molecule has 106 valence electrons. The van der Waals surface area contributed by atoms with Gasteiger partial charge in [0.25, 0.3) is 0 Å². The van der Waals surface area contributed by atoms with E-state index in [1.165, 1.54) is 0 Å². The van der Waals surface area contributed by atoms with Crippen LogP contribution in [0.2, 0.25) is 0 Å². The Bertz CT molecular complexity index is 425. The van der Waals surface area contributed by atoms with E-state index in [-0.39, 0.29) is 5.60 Å². The largest absolute Gasteiger partial charge is 0.470 e. The standard InChI is InChI=1S/C13H22N4O2/c1-13(2,3)19-12-10(14)4-5-11(15-12)16-17-6-8-18-9-7-17/h4-5H,6-9,14H2,1-3H3,(H,15,16). The third-order valence-corrected chi connectivity index (χ3v) is 2.58. The molecular weight excluding hydrogens is 244 g/mol. The van der Waals surface area contributed by atoms with E-state index in [1.54, 1.807) is 6.07 Å². The molecule has 0 saturated carbocycles. The molecule has 0 amide bonds. The molecule has 1 aliphatic rings. The van der Waals surface area contributed by atoms with E-state index >= 15 is 0 Å². The number of nitrogens with two attached hydrogens (primary N) is 1. The molecule has 19 heavy (non-hydrogen) atoms. The number of hydrazine groups is 1. The first-order chi connectivity index (χ1) is 8.94. The van der Waals surface area contributed by atoms with Gasteiger partial charge in [-0.1, -0.05) is 0 Å². The molecule has 6 heteroatoms. The predicted molar refractivity (Wildman–Crippen MR) is 75.0 cm³/mol. The Morgan fingerprint density at radius 3 is 2.63 bits per heavy atom. The van der Waals surface area contributed by atoms with Crippen molar-refractivity contribution in [2.45, 2.75) is 26.4 Å². The molecule has 0 unspecified atom stereocenters. The van der Waals surface area contributed by atoms with E-state index < -0.39 is 0 Å². The number of aromatic nitrogens is 1. The summed E-state index contributed by atoms with van der Waals surface area (Å²) in [6.45, 7) is 9.03. The molecule has 0 aliphatic carbocycles. The minimum atomic E-state index is -0.321. The van der Waals surface area contributed by atoms with Crippen LogP contribution in [0.5, 0.6) is 5.88 Å². The normalized spacial score (nSPS) is 17.2. The van der Waals surface area contributed by atoms with Gasteiger partial charge < -0.3 is 20.6 Å². The number of hydrogen-bond acceptors (Lipinski definition) is 6. The first kappa shape index (κ1) is 13.9. The van der Waals surface area contributed by atoms with Gasteiger partial charge in [0.2, 0.25) is 5.88 Å². The van der Waals surface area contributed by atoms with Gasteiger partial charge in [-0.05, 0) is 32.9 Å². The fourth-order valence-electron chi connectivity index (χ4n) is 1.72. The Balaban J connectivity index is 2.07. The van der Waals surface area contributed by atoms with E-state index in [2.05, 4.69) is 15.4 Å². The lowest BCUT2D eigenvalue weighted by molar-refractivity contribution is 0.0494. The first-order valence-electron chi connectivity index (χ1n) is 6.49. The zero-order valence-corrected chi connectivity index (χ0v) is 11.8. The minimum Gasteiger partial charge on any atom is -0.470 e. The molecule has 1 fully saturated rings. The molecule has 0 spiro atoms. The molecule has 0 atom stereocenters. The van der Waals surface area contributed by atoms with Crippen LogP contribution < -0.4 is 15.9 Å². The van der Waals surface area contributed by atoms with E-state index in [9.17, 15) is 0 Å². The smallest absolute Gasteiger partial charge is 0.239 e. The molecule has 6 nitrogen and oxygen atoms in total. The molecular formula is C13H22N4O2. The summed E-state index contributed by atoms with van der Waals surface area (Å²) in [5, 5.41) is 2.07. The monoisotopic (exact) mass is 266 g/mol. The molecule has 0 radical (unpaired) electrons. The second-order valence-corrected chi connectivity index (χ2v) is 5.52. The average Bonchev–Trinajstić information content (AvgIpc) is 2.33. The first-order valence-corrected chi connectivity index (χ1v) is 6.49. The maximum absolute atomic E-state index is 5.88. The lowest BCUT2D eigenvalue weighted by atomic mass is 10.2. The summed E-state index contributed by atoms with van der Waals surface area (Å²) in [7, 11) is 0. The number of nitrogens with zero attached hydrogens (tertiary/aromatic N) is 2. The fourth-order valence-corrected chi connectivity index (χ4v) is 1.72. The minimum absolute atomic E-state index is 0.321. The summed E-state index contributed by atoms with van der Waals surface area (Å²) >= 11 is 0. The van der Waals surface area contributed by atoms with Gasteiger partial charge in [-0.25, -0.2) is 5.01 Å². The zero-order valence-electron chi connectivity index (χ0n) is 11.8. The summed E-state index contributed by atoms with van der Waals surface area (Å²) in [6, 6.07) is 3.65. The van der Waals surface area contributed by atoms with Crippen molar-refractivity contribution in [3.63, 3.8) is 0 Å². The van der Waals surface area contributed by atoms with Crippen molar-refractivity contribution in [2.24, 2.45) is 0 Å². The molecule has 1 aromatic heterocycles. The molecule has 1 aromatic rings. The van der Waals surface area contributed by atoms with Crippen LogP contribution >= 0.6 is 0 Å². The number of ether oxygens (including phenoxy) is 2. The van der Waals surface area contributed by atoms with Crippen LogP contribution in [0.3, 0.4) is 0 Å². The van der Waals surface area contributed by atoms with Crippen molar-refractivity contribution in [1.82, 2.24) is 9.99 Å². The maximum Gasteiger partial charge on any atom is 0.239 e. The molecule has 0 bridgehead atoms. The highest BCUT2D eigenvalue weighted by Crippen LogP contribution is 2.25. The summed E-state index contributed by atoms with van der Waals surface area (Å²) < 4.78 is 11.0. The molecule has 1 aliphatic heterocycles. The van der Waals surface area contributed by atoms with Crippen LogP contribution in [0, 0.1) is 0 Å². The van der Waals surface area contributed by atoms with E-state index in [0.717, 1.165) is 32.1 Å². The highest BCUT2D eigenvalue weighted by Gasteiger charge is 2.16. The highest BCUT2D eigenvalue weighted by molar-refractivity contribution is 5.53. The number of hydrogen-bond donors (Lipinski definition) is 2. The number of nitrogens with one attached hydrogen (secondary N) is 1.